The fourth-order valence-electron chi connectivity index (χ4n) is 3.35. The highest BCUT2D eigenvalue weighted by Gasteiger charge is 2.41. The number of aromatic amines is 1. The molecule has 3 rings (SSSR count). The Labute approximate surface area is 119 Å². The number of aromatic nitrogens is 2. The van der Waals surface area contributed by atoms with Gasteiger partial charge < -0.3 is 15.0 Å². The van der Waals surface area contributed by atoms with Gasteiger partial charge in [-0.05, 0) is 32.1 Å². The smallest absolute Gasteiger partial charge is 0.289 e. The maximum absolute atomic E-state index is 12.5. The SMILES string of the molecule is Cc1cnc(C(=O)N2CCC[C@@](CO)(CC3CC3)C2)[nH]1. The monoisotopic (exact) mass is 277 g/mol. The van der Waals surface area contributed by atoms with E-state index in [1.165, 1.54) is 12.8 Å². The molecular weight excluding hydrogens is 254 g/mol. The van der Waals surface area contributed by atoms with Crippen molar-refractivity contribution in [3.05, 3.63) is 17.7 Å². The third-order valence-electron chi connectivity index (χ3n) is 4.61. The van der Waals surface area contributed by atoms with Crippen LogP contribution in [0.3, 0.4) is 0 Å². The molecule has 1 amide bonds. The van der Waals surface area contributed by atoms with Gasteiger partial charge in [-0.2, -0.15) is 0 Å². The zero-order chi connectivity index (χ0) is 14.2. The predicted octanol–water partition coefficient (Wildman–Crippen LogP) is 1.73. The van der Waals surface area contributed by atoms with E-state index in [0.29, 0.717) is 12.4 Å². The zero-order valence-electron chi connectivity index (χ0n) is 12.1. The molecule has 2 aliphatic rings. The quantitative estimate of drug-likeness (QED) is 0.880. The molecule has 0 unspecified atom stereocenters. The molecule has 1 aromatic rings. The summed E-state index contributed by atoms with van der Waals surface area (Å²) in [6.07, 6.45) is 7.31. The Balaban J connectivity index is 1.71. The summed E-state index contributed by atoms with van der Waals surface area (Å²) in [5.74, 6) is 1.15. The number of piperidine rings is 1. The van der Waals surface area contributed by atoms with Crippen molar-refractivity contribution < 1.29 is 9.90 Å². The number of hydrogen-bond donors (Lipinski definition) is 2. The first kappa shape index (κ1) is 13.6. The summed E-state index contributed by atoms with van der Waals surface area (Å²) in [6.45, 7) is 3.51. The number of carbonyl (C=O) groups is 1. The summed E-state index contributed by atoms with van der Waals surface area (Å²) in [6, 6.07) is 0. The van der Waals surface area contributed by atoms with E-state index >= 15 is 0 Å². The van der Waals surface area contributed by atoms with Crippen molar-refractivity contribution in [1.29, 1.82) is 0 Å². The van der Waals surface area contributed by atoms with Crippen molar-refractivity contribution in [2.45, 2.75) is 39.0 Å². The van der Waals surface area contributed by atoms with Crippen LogP contribution >= 0.6 is 0 Å². The summed E-state index contributed by atoms with van der Waals surface area (Å²) in [7, 11) is 0. The lowest BCUT2D eigenvalue weighted by Crippen LogP contribution is -2.48. The minimum Gasteiger partial charge on any atom is -0.396 e. The van der Waals surface area contributed by atoms with Crippen LogP contribution in [0.5, 0.6) is 0 Å². The maximum Gasteiger partial charge on any atom is 0.289 e. The summed E-state index contributed by atoms with van der Waals surface area (Å²) >= 11 is 0. The average molecular weight is 277 g/mol. The van der Waals surface area contributed by atoms with E-state index in [1.807, 2.05) is 11.8 Å². The minimum atomic E-state index is -0.0866. The van der Waals surface area contributed by atoms with Gasteiger partial charge in [-0.15, -0.1) is 0 Å². The molecule has 0 spiro atoms. The standard InChI is InChI=1S/C15H23N3O2/c1-11-8-16-13(17-11)14(20)18-6-2-5-15(9-18,10-19)7-12-3-4-12/h8,12,19H,2-7,9-10H2,1H3,(H,16,17)/t15-/m1/s1. The van der Waals surface area contributed by atoms with E-state index in [1.54, 1.807) is 6.20 Å². The van der Waals surface area contributed by atoms with E-state index in [4.69, 9.17) is 0 Å². The highest BCUT2D eigenvalue weighted by molar-refractivity contribution is 5.90. The van der Waals surface area contributed by atoms with Gasteiger partial charge in [-0.1, -0.05) is 12.8 Å². The van der Waals surface area contributed by atoms with Crippen LogP contribution in [0.4, 0.5) is 0 Å². The van der Waals surface area contributed by atoms with E-state index in [2.05, 4.69) is 9.97 Å². The van der Waals surface area contributed by atoms with E-state index < -0.39 is 0 Å². The second-order valence-electron chi connectivity index (χ2n) is 6.55. The van der Waals surface area contributed by atoms with Gasteiger partial charge in [0.2, 0.25) is 0 Å². The highest BCUT2D eigenvalue weighted by Crippen LogP contribution is 2.44. The van der Waals surface area contributed by atoms with Gasteiger partial charge in [-0.3, -0.25) is 4.79 Å². The lowest BCUT2D eigenvalue weighted by Gasteiger charge is -2.41. The molecule has 0 bridgehead atoms. The minimum absolute atomic E-state index is 0.0357. The average Bonchev–Trinajstić information content (AvgIpc) is 3.16. The number of nitrogens with zero attached hydrogens (tertiary/aromatic N) is 2. The van der Waals surface area contributed by atoms with Crippen LogP contribution in [0.25, 0.3) is 0 Å². The van der Waals surface area contributed by atoms with Crippen molar-refractivity contribution in [2.24, 2.45) is 11.3 Å². The van der Waals surface area contributed by atoms with Gasteiger partial charge in [-0.25, -0.2) is 4.98 Å². The fraction of sp³-hybridized carbons (Fsp3) is 0.733. The molecule has 110 valence electrons. The lowest BCUT2D eigenvalue weighted by molar-refractivity contribution is 0.0190. The number of hydrogen-bond acceptors (Lipinski definition) is 3. The third kappa shape index (κ3) is 2.73. The van der Waals surface area contributed by atoms with Crippen LogP contribution in [0.2, 0.25) is 0 Å². The number of carbonyl (C=O) groups excluding carboxylic acids is 1. The first-order valence-electron chi connectivity index (χ1n) is 7.54. The Morgan fingerprint density at radius 1 is 1.60 bits per heavy atom. The van der Waals surface area contributed by atoms with Crippen LogP contribution in [0.15, 0.2) is 6.20 Å². The zero-order valence-corrected chi connectivity index (χ0v) is 12.1. The molecule has 0 radical (unpaired) electrons. The van der Waals surface area contributed by atoms with Gasteiger partial charge >= 0.3 is 0 Å². The van der Waals surface area contributed by atoms with Gasteiger partial charge in [0.25, 0.3) is 5.91 Å². The first-order chi connectivity index (χ1) is 9.62. The van der Waals surface area contributed by atoms with Gasteiger partial charge in [0.05, 0.1) is 6.61 Å². The number of aliphatic hydroxyl groups excluding tert-OH is 1. The Hall–Kier alpha value is -1.36. The van der Waals surface area contributed by atoms with Crippen molar-refractivity contribution in [3.63, 3.8) is 0 Å². The number of likely N-dealkylation sites (tertiary alicyclic amines) is 1. The molecule has 2 fully saturated rings. The second-order valence-corrected chi connectivity index (χ2v) is 6.55. The van der Waals surface area contributed by atoms with Crippen molar-refractivity contribution in [3.8, 4) is 0 Å². The Morgan fingerprint density at radius 3 is 3.00 bits per heavy atom. The Bertz CT molecular complexity index is 495. The summed E-state index contributed by atoms with van der Waals surface area (Å²) < 4.78 is 0. The van der Waals surface area contributed by atoms with Crippen molar-refractivity contribution in [2.75, 3.05) is 19.7 Å². The number of aryl methyl sites for hydroxylation is 1. The predicted molar refractivity (Wildman–Crippen MR) is 75.3 cm³/mol. The number of H-pyrrole nitrogens is 1. The number of nitrogens with one attached hydrogen (secondary N) is 1. The molecule has 1 atom stereocenters. The van der Waals surface area contributed by atoms with E-state index in [-0.39, 0.29) is 17.9 Å². The Morgan fingerprint density at radius 2 is 2.40 bits per heavy atom. The van der Waals surface area contributed by atoms with E-state index in [0.717, 1.165) is 37.4 Å². The summed E-state index contributed by atoms with van der Waals surface area (Å²) in [5.41, 5.74) is 0.813. The summed E-state index contributed by atoms with van der Waals surface area (Å²) in [4.78, 5) is 21.5. The van der Waals surface area contributed by atoms with Crippen LogP contribution in [0, 0.1) is 18.3 Å². The topological polar surface area (TPSA) is 69.2 Å². The molecule has 0 aromatic carbocycles. The molecule has 20 heavy (non-hydrogen) atoms. The Kier molecular flexibility index (Phi) is 3.54. The second kappa shape index (κ2) is 5.20. The molecule has 2 N–H and O–H groups in total. The van der Waals surface area contributed by atoms with Crippen LogP contribution in [-0.4, -0.2) is 45.6 Å². The molecule has 1 aromatic heterocycles. The van der Waals surface area contributed by atoms with Crippen LogP contribution in [0.1, 0.15) is 48.4 Å². The first-order valence-corrected chi connectivity index (χ1v) is 7.54. The largest absolute Gasteiger partial charge is 0.396 e. The van der Waals surface area contributed by atoms with Gasteiger partial charge in [0, 0.05) is 30.4 Å². The third-order valence-corrected chi connectivity index (χ3v) is 4.61. The number of rotatable bonds is 4. The molecule has 5 nitrogen and oxygen atoms in total. The van der Waals surface area contributed by atoms with Gasteiger partial charge in [0.15, 0.2) is 5.82 Å². The normalized spacial score (nSPS) is 26.8. The summed E-state index contributed by atoms with van der Waals surface area (Å²) in [5, 5.41) is 9.83. The molecule has 1 saturated carbocycles. The maximum atomic E-state index is 12.5. The number of imidazole rings is 1. The van der Waals surface area contributed by atoms with Crippen LogP contribution < -0.4 is 0 Å². The van der Waals surface area contributed by atoms with Crippen molar-refractivity contribution >= 4 is 5.91 Å². The lowest BCUT2D eigenvalue weighted by atomic mass is 9.76. The molecule has 1 saturated heterocycles. The molecule has 2 heterocycles. The van der Waals surface area contributed by atoms with Gasteiger partial charge in [0.1, 0.15) is 0 Å². The van der Waals surface area contributed by atoms with Crippen LogP contribution in [-0.2, 0) is 0 Å². The number of aliphatic hydroxyl groups is 1. The fourth-order valence-corrected chi connectivity index (χ4v) is 3.35. The highest BCUT2D eigenvalue weighted by atomic mass is 16.3. The molecule has 1 aliphatic carbocycles. The number of amides is 1. The molecular formula is C15H23N3O2. The van der Waals surface area contributed by atoms with E-state index in [9.17, 15) is 9.90 Å². The molecule has 5 heteroatoms. The molecule has 1 aliphatic heterocycles. The van der Waals surface area contributed by atoms with Crippen molar-refractivity contribution in [1.82, 2.24) is 14.9 Å².